The number of sulfonamides is 1. The number of carbonyl (C=O) groups excluding carboxylic acids is 1. The number of hydrogen-bond acceptors (Lipinski definition) is 4. The fourth-order valence-electron chi connectivity index (χ4n) is 2.73. The van der Waals surface area contributed by atoms with Crippen LogP contribution in [0.5, 0.6) is 0 Å². The molecule has 6 nitrogen and oxygen atoms in total. The molecule has 1 aliphatic rings. The van der Waals surface area contributed by atoms with Crippen LogP contribution in [0.25, 0.3) is 0 Å². The van der Waals surface area contributed by atoms with E-state index in [1.165, 1.54) is 19.2 Å². The number of hydrogen-bond donors (Lipinski definition) is 1. The molecule has 0 aliphatic carbocycles. The van der Waals surface area contributed by atoms with Crippen LogP contribution in [-0.4, -0.2) is 34.6 Å². The van der Waals surface area contributed by atoms with Crippen molar-refractivity contribution < 1.29 is 22.3 Å². The van der Waals surface area contributed by atoms with Crippen LogP contribution in [0, 0.1) is 5.82 Å². The summed E-state index contributed by atoms with van der Waals surface area (Å²) in [4.78, 5) is 13.6. The third-order valence-electron chi connectivity index (χ3n) is 3.93. The lowest BCUT2D eigenvalue weighted by Gasteiger charge is -2.18. The van der Waals surface area contributed by atoms with Gasteiger partial charge < -0.3 is 9.64 Å². The minimum atomic E-state index is -3.84. The minimum absolute atomic E-state index is 0.0367. The minimum Gasteiger partial charge on any atom is -0.375 e. The summed E-state index contributed by atoms with van der Waals surface area (Å²) in [5.41, 5.74) is 1.97. The topological polar surface area (TPSA) is 75.7 Å². The zero-order valence-corrected chi connectivity index (χ0v) is 14.3. The second-order valence-corrected chi connectivity index (χ2v) is 7.31. The fourth-order valence-corrected chi connectivity index (χ4v) is 3.78. The number of ether oxygens (including phenoxy) is 1. The Hall–Kier alpha value is -2.45. The fraction of sp³-hybridized carbons (Fsp3) is 0.235. The van der Waals surface area contributed by atoms with E-state index in [0.717, 1.165) is 17.7 Å². The Balaban J connectivity index is 1.86. The first-order valence-electron chi connectivity index (χ1n) is 7.61. The highest BCUT2D eigenvalue weighted by Crippen LogP contribution is 2.31. The van der Waals surface area contributed by atoms with Gasteiger partial charge in [-0.3, -0.25) is 9.52 Å². The molecule has 0 atom stereocenters. The monoisotopic (exact) mass is 364 g/mol. The number of nitrogens with zero attached hydrogens (tertiary/aromatic N) is 1. The number of halogens is 1. The van der Waals surface area contributed by atoms with Crippen LogP contribution >= 0.6 is 0 Å². The van der Waals surface area contributed by atoms with Crippen molar-refractivity contribution in [2.24, 2.45) is 0 Å². The Bertz CT molecular complexity index is 897. The van der Waals surface area contributed by atoms with Gasteiger partial charge in [-0.1, -0.05) is 6.07 Å². The van der Waals surface area contributed by atoms with Crippen LogP contribution in [0.3, 0.4) is 0 Å². The summed E-state index contributed by atoms with van der Waals surface area (Å²) >= 11 is 0. The molecule has 8 heteroatoms. The molecule has 3 rings (SSSR count). The smallest absolute Gasteiger partial charge is 0.261 e. The molecule has 0 saturated carbocycles. The van der Waals surface area contributed by atoms with Crippen LogP contribution in [0.15, 0.2) is 47.4 Å². The Morgan fingerprint density at radius 2 is 1.96 bits per heavy atom. The molecule has 0 bridgehead atoms. The standard InChI is InChI=1S/C17H17FN2O4S/c1-24-11-17(21)20-9-8-12-2-5-14(10-16(12)20)19-25(22,23)15-6-3-13(18)4-7-15/h2-7,10,19H,8-9,11H2,1H3. The van der Waals surface area contributed by atoms with Crippen LogP contribution in [-0.2, 0) is 26.0 Å². The highest BCUT2D eigenvalue weighted by atomic mass is 32.2. The molecule has 132 valence electrons. The molecule has 1 amide bonds. The number of amides is 1. The second kappa shape index (κ2) is 6.81. The zero-order valence-electron chi connectivity index (χ0n) is 13.5. The van der Waals surface area contributed by atoms with Crippen molar-refractivity contribution in [1.82, 2.24) is 0 Å². The van der Waals surface area contributed by atoms with Crippen LogP contribution < -0.4 is 9.62 Å². The van der Waals surface area contributed by atoms with E-state index in [9.17, 15) is 17.6 Å². The van der Waals surface area contributed by atoms with Gasteiger partial charge in [0, 0.05) is 19.3 Å². The first kappa shape index (κ1) is 17.4. The predicted molar refractivity (Wildman–Crippen MR) is 91.6 cm³/mol. The molecule has 0 fully saturated rings. The Kier molecular flexibility index (Phi) is 4.73. The van der Waals surface area contributed by atoms with Gasteiger partial charge in [0.05, 0.1) is 10.6 Å². The summed E-state index contributed by atoms with van der Waals surface area (Å²) < 4.78 is 45.1. The number of anilines is 2. The van der Waals surface area contributed by atoms with Crippen molar-refractivity contribution >= 4 is 27.3 Å². The maximum Gasteiger partial charge on any atom is 0.261 e. The number of carbonyl (C=O) groups is 1. The number of nitrogens with one attached hydrogen (secondary N) is 1. The van der Waals surface area contributed by atoms with Gasteiger partial charge >= 0.3 is 0 Å². The average Bonchev–Trinajstić information content (AvgIpc) is 2.98. The van der Waals surface area contributed by atoms with Crippen molar-refractivity contribution in [3.63, 3.8) is 0 Å². The molecule has 2 aromatic carbocycles. The van der Waals surface area contributed by atoms with E-state index in [0.29, 0.717) is 24.3 Å². The van der Waals surface area contributed by atoms with E-state index in [-0.39, 0.29) is 17.4 Å². The van der Waals surface area contributed by atoms with Crippen molar-refractivity contribution in [2.45, 2.75) is 11.3 Å². The number of benzene rings is 2. The van der Waals surface area contributed by atoms with Crippen molar-refractivity contribution in [3.8, 4) is 0 Å². The highest BCUT2D eigenvalue weighted by molar-refractivity contribution is 7.92. The first-order chi connectivity index (χ1) is 11.9. The van der Waals surface area contributed by atoms with Crippen molar-refractivity contribution in [3.05, 3.63) is 53.8 Å². The van der Waals surface area contributed by atoms with Gasteiger partial charge in [-0.2, -0.15) is 0 Å². The third-order valence-corrected chi connectivity index (χ3v) is 5.32. The number of rotatable bonds is 5. The lowest BCUT2D eigenvalue weighted by atomic mass is 10.1. The van der Waals surface area contributed by atoms with E-state index in [1.807, 2.05) is 0 Å². The largest absolute Gasteiger partial charge is 0.375 e. The summed E-state index contributed by atoms with van der Waals surface area (Å²) in [6.45, 7) is 0.497. The molecule has 0 aromatic heterocycles. The lowest BCUT2D eigenvalue weighted by molar-refractivity contribution is -0.122. The van der Waals surface area contributed by atoms with Crippen molar-refractivity contribution in [1.29, 1.82) is 0 Å². The lowest BCUT2D eigenvalue weighted by Crippen LogP contribution is -2.32. The maximum absolute atomic E-state index is 13.0. The van der Waals surface area contributed by atoms with Gasteiger partial charge in [-0.25, -0.2) is 12.8 Å². The van der Waals surface area contributed by atoms with Gasteiger partial charge in [0.1, 0.15) is 12.4 Å². The summed E-state index contributed by atoms with van der Waals surface area (Å²) in [7, 11) is -2.39. The Labute approximate surface area is 145 Å². The van der Waals surface area contributed by atoms with E-state index >= 15 is 0 Å². The van der Waals surface area contributed by atoms with Crippen LogP contribution in [0.1, 0.15) is 5.56 Å². The predicted octanol–water partition coefficient (Wildman–Crippen LogP) is 2.16. The van der Waals surface area contributed by atoms with Gasteiger partial charge in [-0.05, 0) is 48.4 Å². The summed E-state index contributed by atoms with van der Waals surface area (Å²) in [5.74, 6) is -0.691. The molecule has 1 N–H and O–H groups in total. The number of fused-ring (bicyclic) bond motifs is 1. The van der Waals surface area contributed by atoms with Gasteiger partial charge in [0.15, 0.2) is 0 Å². The first-order valence-corrected chi connectivity index (χ1v) is 9.09. The maximum atomic E-state index is 13.0. The summed E-state index contributed by atoms with van der Waals surface area (Å²) in [6.07, 6.45) is 0.704. The Morgan fingerprint density at radius 3 is 2.64 bits per heavy atom. The Morgan fingerprint density at radius 1 is 1.24 bits per heavy atom. The van der Waals surface area contributed by atoms with E-state index in [4.69, 9.17) is 4.74 Å². The number of methoxy groups -OCH3 is 1. The quantitative estimate of drug-likeness (QED) is 0.882. The molecule has 0 saturated heterocycles. The molecule has 0 unspecified atom stereocenters. The second-order valence-electron chi connectivity index (χ2n) is 5.63. The molecule has 2 aromatic rings. The molecule has 25 heavy (non-hydrogen) atoms. The normalized spacial score (nSPS) is 13.6. The van der Waals surface area contributed by atoms with Gasteiger partial charge in [0.25, 0.3) is 15.9 Å². The van der Waals surface area contributed by atoms with E-state index in [1.54, 1.807) is 23.1 Å². The zero-order chi connectivity index (χ0) is 18.0. The third kappa shape index (κ3) is 3.64. The molecule has 1 heterocycles. The van der Waals surface area contributed by atoms with Crippen LogP contribution in [0.4, 0.5) is 15.8 Å². The molecule has 1 aliphatic heterocycles. The molecular weight excluding hydrogens is 347 g/mol. The van der Waals surface area contributed by atoms with E-state index < -0.39 is 15.8 Å². The average molecular weight is 364 g/mol. The van der Waals surface area contributed by atoms with Gasteiger partial charge in [0.2, 0.25) is 0 Å². The van der Waals surface area contributed by atoms with Crippen molar-refractivity contribution in [2.75, 3.05) is 29.9 Å². The highest BCUT2D eigenvalue weighted by Gasteiger charge is 2.25. The summed E-state index contributed by atoms with van der Waals surface area (Å²) in [5, 5.41) is 0. The SMILES string of the molecule is COCC(=O)N1CCc2ccc(NS(=O)(=O)c3ccc(F)cc3)cc21. The van der Waals surface area contributed by atoms with Crippen LogP contribution in [0.2, 0.25) is 0 Å². The molecular formula is C17H17FN2O4S. The molecule has 0 radical (unpaired) electrons. The summed E-state index contributed by atoms with van der Waals surface area (Å²) in [6, 6.07) is 9.61. The van der Waals surface area contributed by atoms with E-state index in [2.05, 4.69) is 4.72 Å². The molecule has 0 spiro atoms. The van der Waals surface area contributed by atoms with Gasteiger partial charge in [-0.15, -0.1) is 0 Å².